The van der Waals surface area contributed by atoms with Crippen LogP contribution >= 0.6 is 11.3 Å². The van der Waals surface area contributed by atoms with E-state index in [4.69, 9.17) is 5.73 Å². The summed E-state index contributed by atoms with van der Waals surface area (Å²) in [6, 6.07) is 14.8. The van der Waals surface area contributed by atoms with Crippen LogP contribution in [0.25, 0.3) is 0 Å². The average molecular weight is 245 g/mol. The highest BCUT2D eigenvalue weighted by Crippen LogP contribution is 2.38. The van der Waals surface area contributed by atoms with E-state index in [2.05, 4.69) is 61.7 Å². The number of thiophene rings is 1. The van der Waals surface area contributed by atoms with Crippen LogP contribution in [0.2, 0.25) is 0 Å². The zero-order valence-corrected chi connectivity index (χ0v) is 11.2. The molecule has 0 aliphatic rings. The number of benzene rings is 1. The standard InChI is InChI=1S/C15H19NS/c1-3-13(12-8-5-4-6-9-12)15(2,16)14-10-7-11-17-14/h4-11,13H,3,16H2,1-2H3. The zero-order chi connectivity index (χ0) is 12.3. The summed E-state index contributed by atoms with van der Waals surface area (Å²) in [6.45, 7) is 4.34. The van der Waals surface area contributed by atoms with Crippen LogP contribution in [-0.2, 0) is 5.54 Å². The van der Waals surface area contributed by atoms with Crippen molar-refractivity contribution in [1.82, 2.24) is 0 Å². The molecule has 0 radical (unpaired) electrons. The molecule has 0 aliphatic carbocycles. The van der Waals surface area contributed by atoms with E-state index in [0.717, 1.165) is 6.42 Å². The van der Waals surface area contributed by atoms with Gasteiger partial charge in [-0.25, -0.2) is 0 Å². The Balaban J connectivity index is 2.36. The predicted molar refractivity (Wildman–Crippen MR) is 75.3 cm³/mol. The van der Waals surface area contributed by atoms with Crippen LogP contribution in [-0.4, -0.2) is 0 Å². The Morgan fingerprint density at radius 3 is 2.41 bits per heavy atom. The summed E-state index contributed by atoms with van der Waals surface area (Å²) in [4.78, 5) is 1.26. The molecular formula is C15H19NS. The van der Waals surface area contributed by atoms with Crippen molar-refractivity contribution in [2.24, 2.45) is 5.73 Å². The van der Waals surface area contributed by atoms with Crippen LogP contribution in [0.15, 0.2) is 47.8 Å². The molecule has 1 nitrogen and oxygen atoms in total. The second-order valence-electron chi connectivity index (χ2n) is 4.63. The van der Waals surface area contributed by atoms with Gasteiger partial charge in [0.25, 0.3) is 0 Å². The molecule has 2 atom stereocenters. The zero-order valence-electron chi connectivity index (χ0n) is 10.4. The molecule has 2 rings (SSSR count). The molecule has 2 heteroatoms. The molecule has 17 heavy (non-hydrogen) atoms. The first-order chi connectivity index (χ1) is 8.16. The minimum absolute atomic E-state index is 0.287. The van der Waals surface area contributed by atoms with Crippen molar-refractivity contribution in [2.45, 2.75) is 31.7 Å². The minimum Gasteiger partial charge on any atom is -0.320 e. The lowest BCUT2D eigenvalue weighted by atomic mass is 9.78. The number of hydrogen-bond donors (Lipinski definition) is 1. The summed E-state index contributed by atoms with van der Waals surface area (Å²) in [5.41, 5.74) is 7.62. The Kier molecular flexibility index (Phi) is 3.65. The van der Waals surface area contributed by atoms with E-state index >= 15 is 0 Å². The van der Waals surface area contributed by atoms with Crippen LogP contribution in [0.1, 0.15) is 36.6 Å². The molecule has 1 aromatic heterocycles. The lowest BCUT2D eigenvalue weighted by Gasteiger charge is -2.33. The fraction of sp³-hybridized carbons (Fsp3) is 0.333. The van der Waals surface area contributed by atoms with E-state index in [1.54, 1.807) is 11.3 Å². The largest absolute Gasteiger partial charge is 0.320 e. The Bertz CT molecular complexity index is 445. The van der Waals surface area contributed by atoms with Gasteiger partial charge in [-0.3, -0.25) is 0 Å². The van der Waals surface area contributed by atoms with Gasteiger partial charge in [-0.15, -0.1) is 11.3 Å². The van der Waals surface area contributed by atoms with Crippen LogP contribution in [0, 0.1) is 0 Å². The molecule has 2 aromatic rings. The molecule has 0 amide bonds. The first-order valence-corrected chi connectivity index (χ1v) is 6.92. The highest BCUT2D eigenvalue weighted by atomic mass is 32.1. The van der Waals surface area contributed by atoms with Gasteiger partial charge in [0.05, 0.1) is 5.54 Å². The molecule has 0 aliphatic heterocycles. The first kappa shape index (κ1) is 12.3. The molecule has 0 fully saturated rings. The molecule has 0 saturated carbocycles. The van der Waals surface area contributed by atoms with Crippen LogP contribution in [0.4, 0.5) is 0 Å². The van der Waals surface area contributed by atoms with Crippen molar-refractivity contribution in [3.05, 3.63) is 58.3 Å². The van der Waals surface area contributed by atoms with Crippen LogP contribution in [0.3, 0.4) is 0 Å². The van der Waals surface area contributed by atoms with Gasteiger partial charge in [-0.1, -0.05) is 43.3 Å². The summed E-state index contributed by atoms with van der Waals surface area (Å²) in [6.07, 6.45) is 1.05. The number of nitrogens with two attached hydrogens (primary N) is 1. The number of hydrogen-bond acceptors (Lipinski definition) is 2. The van der Waals surface area contributed by atoms with Gasteiger partial charge in [0.15, 0.2) is 0 Å². The maximum Gasteiger partial charge on any atom is 0.0544 e. The van der Waals surface area contributed by atoms with Crippen molar-refractivity contribution in [3.63, 3.8) is 0 Å². The van der Waals surface area contributed by atoms with Gasteiger partial charge in [0.1, 0.15) is 0 Å². The lowest BCUT2D eigenvalue weighted by molar-refractivity contribution is 0.386. The molecule has 2 unspecified atom stereocenters. The van der Waals surface area contributed by atoms with E-state index in [1.165, 1.54) is 10.4 Å². The average Bonchev–Trinajstić information content (AvgIpc) is 2.85. The van der Waals surface area contributed by atoms with Gasteiger partial charge < -0.3 is 5.73 Å². The second kappa shape index (κ2) is 5.03. The van der Waals surface area contributed by atoms with Gasteiger partial charge >= 0.3 is 0 Å². The van der Waals surface area contributed by atoms with Crippen molar-refractivity contribution in [3.8, 4) is 0 Å². The molecule has 1 aromatic carbocycles. The van der Waals surface area contributed by atoms with Gasteiger partial charge in [0, 0.05) is 10.8 Å². The van der Waals surface area contributed by atoms with E-state index < -0.39 is 0 Å². The van der Waals surface area contributed by atoms with Gasteiger partial charge in [-0.2, -0.15) is 0 Å². The molecule has 2 N–H and O–H groups in total. The Hall–Kier alpha value is -1.12. The molecule has 0 spiro atoms. The normalized spacial score (nSPS) is 16.4. The summed E-state index contributed by atoms with van der Waals surface area (Å²) >= 11 is 1.74. The molecule has 0 bridgehead atoms. The SMILES string of the molecule is CCC(c1ccccc1)C(C)(N)c1cccs1. The predicted octanol–water partition coefficient (Wildman–Crippen LogP) is 4.12. The smallest absolute Gasteiger partial charge is 0.0544 e. The third-order valence-electron chi connectivity index (χ3n) is 3.39. The summed E-state index contributed by atoms with van der Waals surface area (Å²) in [5, 5.41) is 2.10. The van der Waals surface area contributed by atoms with Crippen molar-refractivity contribution in [1.29, 1.82) is 0 Å². The maximum absolute atomic E-state index is 6.58. The molecular weight excluding hydrogens is 226 g/mol. The Morgan fingerprint density at radius 1 is 1.18 bits per heavy atom. The molecule has 90 valence electrons. The van der Waals surface area contributed by atoms with Crippen molar-refractivity contribution in [2.75, 3.05) is 0 Å². The van der Waals surface area contributed by atoms with E-state index in [1.807, 2.05) is 0 Å². The molecule has 1 heterocycles. The third-order valence-corrected chi connectivity index (χ3v) is 4.51. The monoisotopic (exact) mass is 245 g/mol. The fourth-order valence-electron chi connectivity index (χ4n) is 2.45. The summed E-state index contributed by atoms with van der Waals surface area (Å²) in [5.74, 6) is 0.363. The first-order valence-electron chi connectivity index (χ1n) is 6.04. The van der Waals surface area contributed by atoms with E-state index in [-0.39, 0.29) is 5.54 Å². The molecule has 0 saturated heterocycles. The highest BCUT2D eigenvalue weighted by molar-refractivity contribution is 7.10. The van der Waals surface area contributed by atoms with Gasteiger partial charge in [-0.05, 0) is 30.4 Å². The Morgan fingerprint density at radius 2 is 1.88 bits per heavy atom. The van der Waals surface area contributed by atoms with Crippen LogP contribution in [0.5, 0.6) is 0 Å². The second-order valence-corrected chi connectivity index (χ2v) is 5.58. The maximum atomic E-state index is 6.58. The highest BCUT2D eigenvalue weighted by Gasteiger charge is 2.32. The van der Waals surface area contributed by atoms with E-state index in [0.29, 0.717) is 5.92 Å². The summed E-state index contributed by atoms with van der Waals surface area (Å²) < 4.78 is 0. The quantitative estimate of drug-likeness (QED) is 0.861. The van der Waals surface area contributed by atoms with Crippen molar-refractivity contribution < 1.29 is 0 Å². The third kappa shape index (κ3) is 2.43. The number of rotatable bonds is 4. The lowest BCUT2D eigenvalue weighted by Crippen LogP contribution is -2.38. The van der Waals surface area contributed by atoms with Gasteiger partial charge in [0.2, 0.25) is 0 Å². The topological polar surface area (TPSA) is 26.0 Å². The van der Waals surface area contributed by atoms with E-state index in [9.17, 15) is 0 Å². The Labute approximate surface area is 107 Å². The summed E-state index contributed by atoms with van der Waals surface area (Å²) in [7, 11) is 0. The minimum atomic E-state index is -0.287. The van der Waals surface area contributed by atoms with Crippen molar-refractivity contribution >= 4 is 11.3 Å². The van der Waals surface area contributed by atoms with Crippen LogP contribution < -0.4 is 5.73 Å². The fourth-order valence-corrected chi connectivity index (χ4v) is 3.31.